The van der Waals surface area contributed by atoms with E-state index in [4.69, 9.17) is 0 Å². The molecule has 2 heterocycles. The van der Waals surface area contributed by atoms with E-state index in [1.165, 1.54) is 10.4 Å². The van der Waals surface area contributed by atoms with E-state index in [0.717, 1.165) is 16.8 Å². The van der Waals surface area contributed by atoms with Gasteiger partial charge in [0.2, 0.25) is 15.9 Å². The van der Waals surface area contributed by atoms with Gasteiger partial charge in [-0.25, -0.2) is 13.1 Å². The molecule has 0 spiro atoms. The summed E-state index contributed by atoms with van der Waals surface area (Å²) in [5.74, 6) is -0.00167. The zero-order chi connectivity index (χ0) is 21.0. The number of carbonyl (C=O) groups excluding carboxylic acids is 1. The van der Waals surface area contributed by atoms with Crippen molar-refractivity contribution in [2.45, 2.75) is 13.0 Å². The maximum absolute atomic E-state index is 12.1. The Morgan fingerprint density at radius 2 is 1.80 bits per heavy atom. The summed E-state index contributed by atoms with van der Waals surface area (Å²) in [7, 11) is -3.18. The van der Waals surface area contributed by atoms with Crippen molar-refractivity contribution in [3.05, 3.63) is 84.2 Å². The lowest BCUT2D eigenvalue weighted by Gasteiger charge is -2.16. The van der Waals surface area contributed by atoms with Crippen molar-refractivity contribution in [2.75, 3.05) is 16.6 Å². The molecule has 0 bridgehead atoms. The second-order valence-corrected chi connectivity index (χ2v) is 9.01. The Labute approximate surface area is 175 Å². The van der Waals surface area contributed by atoms with Crippen LogP contribution in [0.5, 0.6) is 0 Å². The van der Waals surface area contributed by atoms with E-state index in [1.807, 2.05) is 36.5 Å². The average Bonchev–Trinajstić information content (AvgIpc) is 3.41. The summed E-state index contributed by atoms with van der Waals surface area (Å²) < 4.78 is 27.2. The number of sulfonamides is 1. The number of benzene rings is 2. The lowest BCUT2D eigenvalue weighted by Crippen LogP contribution is -2.24. The van der Waals surface area contributed by atoms with Gasteiger partial charge in [-0.2, -0.15) is 5.10 Å². The van der Waals surface area contributed by atoms with E-state index in [1.54, 1.807) is 41.2 Å². The number of hydrogen-bond acceptors (Lipinski definition) is 4. The summed E-state index contributed by atoms with van der Waals surface area (Å²) in [4.78, 5) is 12.1. The van der Waals surface area contributed by atoms with Gasteiger partial charge < -0.3 is 5.32 Å². The molecule has 30 heavy (non-hydrogen) atoms. The van der Waals surface area contributed by atoms with Crippen LogP contribution >= 0.6 is 0 Å². The van der Waals surface area contributed by atoms with Crippen molar-refractivity contribution < 1.29 is 13.2 Å². The predicted octanol–water partition coefficient (Wildman–Crippen LogP) is 2.74. The molecule has 7 nitrogen and oxygen atoms in total. The molecule has 154 valence electrons. The molecular formula is C22H22N4O3S. The highest BCUT2D eigenvalue weighted by atomic mass is 32.2. The molecule has 0 saturated carbocycles. The van der Waals surface area contributed by atoms with E-state index >= 15 is 0 Å². The largest absolute Gasteiger partial charge is 0.348 e. The molecule has 1 saturated heterocycles. The number of hydrogen-bond donors (Lipinski definition) is 1. The third-order valence-corrected chi connectivity index (χ3v) is 6.75. The van der Waals surface area contributed by atoms with E-state index in [9.17, 15) is 13.2 Å². The maximum Gasteiger partial charge on any atom is 0.244 e. The normalized spacial score (nSPS) is 15.5. The molecule has 4 rings (SSSR count). The molecule has 0 atom stereocenters. The minimum absolute atomic E-state index is 0.195. The fraction of sp³-hybridized carbons (Fsp3) is 0.182. The summed E-state index contributed by atoms with van der Waals surface area (Å²) in [5, 5.41) is 7.04. The molecule has 1 amide bonds. The van der Waals surface area contributed by atoms with Gasteiger partial charge >= 0.3 is 0 Å². The number of aromatic nitrogens is 2. The van der Waals surface area contributed by atoms with Crippen LogP contribution in [0.1, 0.15) is 17.5 Å². The van der Waals surface area contributed by atoms with Gasteiger partial charge in [-0.05, 0) is 54.0 Å². The number of nitrogens with one attached hydrogen (secondary N) is 1. The molecule has 1 aromatic heterocycles. The summed E-state index contributed by atoms with van der Waals surface area (Å²) in [6, 6.07) is 16.8. The summed E-state index contributed by atoms with van der Waals surface area (Å²) in [6.45, 7) is 0.942. The van der Waals surface area contributed by atoms with Crippen molar-refractivity contribution in [3.8, 4) is 5.69 Å². The molecule has 2 aromatic carbocycles. The minimum atomic E-state index is -3.18. The van der Waals surface area contributed by atoms with E-state index < -0.39 is 10.0 Å². The predicted molar refractivity (Wildman–Crippen MR) is 117 cm³/mol. The smallest absolute Gasteiger partial charge is 0.244 e. The topological polar surface area (TPSA) is 84.3 Å². The molecule has 0 unspecified atom stereocenters. The van der Waals surface area contributed by atoms with Gasteiger partial charge in [0.15, 0.2) is 0 Å². The highest BCUT2D eigenvalue weighted by molar-refractivity contribution is 7.93. The van der Waals surface area contributed by atoms with Gasteiger partial charge in [0.1, 0.15) is 0 Å². The average molecular weight is 423 g/mol. The SMILES string of the molecule is O=C(/C=C/c1ccc(N2CCCS2(=O)=O)cc1)NCc1ccc(-n2cccn2)cc1. The van der Waals surface area contributed by atoms with Crippen molar-refractivity contribution in [1.82, 2.24) is 15.1 Å². The zero-order valence-corrected chi connectivity index (χ0v) is 17.1. The van der Waals surface area contributed by atoms with Crippen LogP contribution in [0.25, 0.3) is 11.8 Å². The molecule has 3 aromatic rings. The zero-order valence-electron chi connectivity index (χ0n) is 16.3. The minimum Gasteiger partial charge on any atom is -0.348 e. The fourth-order valence-electron chi connectivity index (χ4n) is 3.29. The monoisotopic (exact) mass is 422 g/mol. The van der Waals surface area contributed by atoms with Crippen LogP contribution in [0, 0.1) is 0 Å². The Hall–Kier alpha value is -3.39. The molecule has 0 radical (unpaired) electrons. The third-order valence-electron chi connectivity index (χ3n) is 4.88. The van der Waals surface area contributed by atoms with E-state index in [0.29, 0.717) is 25.2 Å². The number of nitrogens with zero attached hydrogens (tertiary/aromatic N) is 3. The number of amides is 1. The van der Waals surface area contributed by atoms with Crippen LogP contribution in [0.4, 0.5) is 5.69 Å². The fourth-order valence-corrected chi connectivity index (χ4v) is 4.85. The molecular weight excluding hydrogens is 400 g/mol. The van der Waals surface area contributed by atoms with Gasteiger partial charge in [0, 0.05) is 31.6 Å². The van der Waals surface area contributed by atoms with E-state index in [2.05, 4.69) is 10.4 Å². The van der Waals surface area contributed by atoms with Crippen LogP contribution < -0.4 is 9.62 Å². The number of anilines is 1. The van der Waals surface area contributed by atoms with Gasteiger partial charge in [0.05, 0.1) is 17.1 Å². The number of rotatable bonds is 6. The second-order valence-electron chi connectivity index (χ2n) is 7.00. The first-order valence-corrected chi connectivity index (χ1v) is 11.3. The van der Waals surface area contributed by atoms with Gasteiger partial charge in [0.25, 0.3) is 0 Å². The lowest BCUT2D eigenvalue weighted by molar-refractivity contribution is -0.116. The summed E-state index contributed by atoms with van der Waals surface area (Å²) in [6.07, 6.45) is 7.43. The molecule has 1 aliphatic heterocycles. The molecule has 8 heteroatoms. The molecule has 0 aliphatic carbocycles. The van der Waals surface area contributed by atoms with Crippen LogP contribution in [0.15, 0.2) is 73.1 Å². The highest BCUT2D eigenvalue weighted by Crippen LogP contribution is 2.24. The summed E-state index contributed by atoms with van der Waals surface area (Å²) >= 11 is 0. The first-order valence-electron chi connectivity index (χ1n) is 9.67. The van der Waals surface area contributed by atoms with Crippen molar-refractivity contribution in [1.29, 1.82) is 0 Å². The summed E-state index contributed by atoms with van der Waals surface area (Å²) in [5.41, 5.74) is 3.44. The quantitative estimate of drug-likeness (QED) is 0.619. The Morgan fingerprint density at radius 3 is 2.43 bits per heavy atom. The first kappa shape index (κ1) is 19.9. The van der Waals surface area contributed by atoms with Crippen LogP contribution in [-0.2, 0) is 21.4 Å². The van der Waals surface area contributed by atoms with Crippen molar-refractivity contribution in [2.24, 2.45) is 0 Å². The Morgan fingerprint density at radius 1 is 1.07 bits per heavy atom. The Bertz CT molecular complexity index is 1140. The third kappa shape index (κ3) is 4.60. The van der Waals surface area contributed by atoms with Gasteiger partial charge in [-0.1, -0.05) is 24.3 Å². The van der Waals surface area contributed by atoms with Crippen molar-refractivity contribution in [3.63, 3.8) is 0 Å². The van der Waals surface area contributed by atoms with Gasteiger partial charge in [-0.3, -0.25) is 9.10 Å². The highest BCUT2D eigenvalue weighted by Gasteiger charge is 2.28. The van der Waals surface area contributed by atoms with Gasteiger partial charge in [-0.15, -0.1) is 0 Å². The lowest BCUT2D eigenvalue weighted by atomic mass is 10.2. The molecule has 1 aliphatic rings. The Balaban J connectivity index is 1.30. The standard InChI is InChI=1S/C22H22N4O3S/c27-22(23-17-19-5-8-20(9-6-19)25-14-1-13-24-25)12-7-18-3-10-21(11-4-18)26-15-2-16-30(26,28)29/h1,3-14H,2,15-17H2,(H,23,27)/b12-7+. The number of carbonyl (C=O) groups is 1. The Kier molecular flexibility index (Phi) is 5.67. The van der Waals surface area contributed by atoms with E-state index in [-0.39, 0.29) is 11.7 Å². The maximum atomic E-state index is 12.1. The van der Waals surface area contributed by atoms with Crippen LogP contribution in [0.3, 0.4) is 0 Å². The van der Waals surface area contributed by atoms with Crippen LogP contribution in [-0.4, -0.2) is 36.4 Å². The first-order chi connectivity index (χ1) is 14.5. The molecule has 1 fully saturated rings. The van der Waals surface area contributed by atoms with Crippen molar-refractivity contribution >= 4 is 27.7 Å². The second kappa shape index (κ2) is 8.54. The molecule has 1 N–H and O–H groups in total. The van der Waals surface area contributed by atoms with Crippen LogP contribution in [0.2, 0.25) is 0 Å².